The number of sulfone groups is 1. The Labute approximate surface area is 174 Å². The standard InChI is InChI=1S/C19H33NO4S3/c1-3-4-5-6-7-8-9-10-11-12-15-27(23,24)18(25)26-19(2,16-20)14-13-17(21)22/h3-15H2,1-2H3,(H,21,22). The monoisotopic (exact) mass is 435 g/mol. The quantitative estimate of drug-likeness (QED) is 0.268. The average Bonchev–Trinajstić information content (AvgIpc) is 2.61. The van der Waals surface area contributed by atoms with Crippen molar-refractivity contribution in [2.45, 2.75) is 95.6 Å². The van der Waals surface area contributed by atoms with Gasteiger partial charge in [0.25, 0.3) is 0 Å². The first-order valence-corrected chi connectivity index (χ1v) is 12.6. The zero-order valence-corrected chi connectivity index (χ0v) is 19.0. The molecule has 0 aromatic heterocycles. The van der Waals surface area contributed by atoms with Crippen molar-refractivity contribution in [2.75, 3.05) is 5.75 Å². The van der Waals surface area contributed by atoms with Crippen molar-refractivity contribution >= 4 is 43.3 Å². The molecule has 1 atom stereocenters. The fourth-order valence-corrected chi connectivity index (χ4v) is 6.07. The van der Waals surface area contributed by atoms with Gasteiger partial charge in [-0.3, -0.25) is 4.79 Å². The van der Waals surface area contributed by atoms with Gasteiger partial charge in [-0.1, -0.05) is 88.7 Å². The number of nitriles is 1. The Balaban J connectivity index is 4.12. The second-order valence-electron chi connectivity index (χ2n) is 7.09. The third kappa shape index (κ3) is 13.2. The van der Waals surface area contributed by atoms with E-state index >= 15 is 0 Å². The summed E-state index contributed by atoms with van der Waals surface area (Å²) in [5.74, 6) is -1.02. The zero-order valence-electron chi connectivity index (χ0n) is 16.5. The Bertz CT molecular complexity index is 599. The lowest BCUT2D eigenvalue weighted by Gasteiger charge is -2.20. The molecule has 0 aliphatic rings. The fourth-order valence-electron chi connectivity index (χ4n) is 2.59. The molecule has 0 aromatic carbocycles. The van der Waals surface area contributed by atoms with Crippen molar-refractivity contribution in [3.05, 3.63) is 0 Å². The summed E-state index contributed by atoms with van der Waals surface area (Å²) in [4.78, 5) is 10.7. The van der Waals surface area contributed by atoms with E-state index in [0.29, 0.717) is 6.42 Å². The molecule has 8 heteroatoms. The first-order valence-electron chi connectivity index (χ1n) is 9.75. The smallest absolute Gasteiger partial charge is 0.303 e. The van der Waals surface area contributed by atoms with E-state index < -0.39 is 20.6 Å². The van der Waals surface area contributed by atoms with Crippen molar-refractivity contribution in [2.24, 2.45) is 0 Å². The first-order chi connectivity index (χ1) is 12.7. The van der Waals surface area contributed by atoms with Crippen molar-refractivity contribution < 1.29 is 18.3 Å². The van der Waals surface area contributed by atoms with Crippen LogP contribution in [-0.2, 0) is 14.6 Å². The fraction of sp³-hybridized carbons (Fsp3) is 0.842. The van der Waals surface area contributed by atoms with Crippen LogP contribution in [0.2, 0.25) is 0 Å². The maximum atomic E-state index is 12.3. The first kappa shape index (κ1) is 26.4. The number of carboxylic acids is 1. The van der Waals surface area contributed by atoms with Crippen LogP contribution in [0.5, 0.6) is 0 Å². The predicted molar refractivity (Wildman–Crippen MR) is 117 cm³/mol. The number of thiocarbonyl (C=S) groups is 1. The lowest BCUT2D eigenvalue weighted by atomic mass is 10.1. The van der Waals surface area contributed by atoms with Gasteiger partial charge in [0.2, 0.25) is 0 Å². The van der Waals surface area contributed by atoms with Crippen LogP contribution in [0.1, 0.15) is 90.9 Å². The molecule has 0 fully saturated rings. The highest BCUT2D eigenvalue weighted by atomic mass is 32.3. The van der Waals surface area contributed by atoms with Crippen LogP contribution in [0.3, 0.4) is 0 Å². The molecular formula is C19H33NO4S3. The Kier molecular flexibility index (Phi) is 14.0. The molecule has 0 aliphatic carbocycles. The molecular weight excluding hydrogens is 402 g/mol. The molecule has 0 aliphatic heterocycles. The summed E-state index contributed by atoms with van der Waals surface area (Å²) in [6.07, 6.45) is 11.0. The van der Waals surface area contributed by atoms with Gasteiger partial charge in [-0.15, -0.1) is 0 Å². The maximum Gasteiger partial charge on any atom is 0.303 e. The number of thioether (sulfide) groups is 1. The van der Waals surface area contributed by atoms with Crippen LogP contribution in [-0.4, -0.2) is 33.5 Å². The van der Waals surface area contributed by atoms with Crippen LogP contribution < -0.4 is 0 Å². The van der Waals surface area contributed by atoms with Crippen LogP contribution in [0.25, 0.3) is 0 Å². The van der Waals surface area contributed by atoms with Gasteiger partial charge in [0.15, 0.2) is 13.4 Å². The normalized spacial score (nSPS) is 13.7. The molecule has 0 bridgehead atoms. The minimum absolute atomic E-state index is 0.00419. The van der Waals surface area contributed by atoms with Gasteiger partial charge >= 0.3 is 5.97 Å². The summed E-state index contributed by atoms with van der Waals surface area (Å²) in [6, 6.07) is 1.99. The van der Waals surface area contributed by atoms with E-state index in [2.05, 4.69) is 6.92 Å². The molecule has 0 amide bonds. The van der Waals surface area contributed by atoms with Crippen molar-refractivity contribution in [1.29, 1.82) is 5.26 Å². The number of aliphatic carboxylic acids is 1. The van der Waals surface area contributed by atoms with E-state index in [1.165, 1.54) is 45.4 Å². The number of rotatable bonds is 15. The molecule has 0 saturated carbocycles. The Morgan fingerprint density at radius 3 is 2.00 bits per heavy atom. The van der Waals surface area contributed by atoms with Gasteiger partial charge in [-0.05, 0) is 19.8 Å². The van der Waals surface area contributed by atoms with Crippen molar-refractivity contribution in [3.8, 4) is 6.07 Å². The molecule has 0 saturated heterocycles. The number of hydrogen-bond acceptors (Lipinski definition) is 6. The van der Waals surface area contributed by atoms with E-state index in [1.54, 1.807) is 0 Å². The number of carboxylic acid groups (broad SMARTS) is 1. The SMILES string of the molecule is CCCCCCCCCCCCS(=O)(=O)C(=S)SC(C)(C#N)CCC(=O)O. The molecule has 0 spiro atoms. The second kappa shape index (κ2) is 14.4. The largest absolute Gasteiger partial charge is 0.481 e. The summed E-state index contributed by atoms with van der Waals surface area (Å²) in [6.45, 7) is 3.73. The molecule has 1 N–H and O–H groups in total. The molecule has 156 valence electrons. The van der Waals surface area contributed by atoms with Crippen molar-refractivity contribution in [1.82, 2.24) is 0 Å². The number of unbranched alkanes of at least 4 members (excludes halogenated alkanes) is 9. The highest BCUT2D eigenvalue weighted by Crippen LogP contribution is 2.33. The highest BCUT2D eigenvalue weighted by molar-refractivity contribution is 8.44. The van der Waals surface area contributed by atoms with Crippen molar-refractivity contribution in [3.63, 3.8) is 0 Å². The molecule has 0 aromatic rings. The summed E-state index contributed by atoms with van der Waals surface area (Å²) >= 11 is 5.83. The number of hydrogen-bond donors (Lipinski definition) is 1. The predicted octanol–water partition coefficient (Wildman–Crippen LogP) is 5.49. The van der Waals surface area contributed by atoms with Gasteiger partial charge in [0.05, 0.1) is 11.8 Å². The number of nitrogens with zero attached hydrogens (tertiary/aromatic N) is 1. The maximum absolute atomic E-state index is 12.3. The van der Waals surface area contributed by atoms with Crippen LogP contribution in [0, 0.1) is 11.3 Å². The Morgan fingerprint density at radius 2 is 1.56 bits per heavy atom. The van der Waals surface area contributed by atoms with Gasteiger partial charge in [0, 0.05) is 6.42 Å². The number of carbonyl (C=O) groups is 1. The second-order valence-corrected chi connectivity index (χ2v) is 11.8. The summed E-state index contributed by atoms with van der Waals surface area (Å²) < 4.78 is 23.3. The molecule has 5 nitrogen and oxygen atoms in total. The highest BCUT2D eigenvalue weighted by Gasteiger charge is 2.32. The summed E-state index contributed by atoms with van der Waals surface area (Å²) in [7, 11) is -3.55. The minimum Gasteiger partial charge on any atom is -0.481 e. The van der Waals surface area contributed by atoms with E-state index in [9.17, 15) is 18.5 Å². The van der Waals surface area contributed by atoms with E-state index in [4.69, 9.17) is 17.3 Å². The molecule has 0 radical (unpaired) electrons. The van der Waals surface area contributed by atoms with Gasteiger partial charge in [-0.25, -0.2) is 8.42 Å². The topological polar surface area (TPSA) is 95.2 Å². The van der Waals surface area contributed by atoms with E-state index in [1.807, 2.05) is 6.07 Å². The Morgan fingerprint density at radius 1 is 1.07 bits per heavy atom. The minimum atomic E-state index is -3.55. The van der Waals surface area contributed by atoms with Gasteiger partial charge in [0.1, 0.15) is 4.75 Å². The summed E-state index contributed by atoms with van der Waals surface area (Å²) in [5.41, 5.74) is 0. The van der Waals surface area contributed by atoms with Gasteiger partial charge in [-0.2, -0.15) is 5.26 Å². The average molecular weight is 436 g/mol. The van der Waals surface area contributed by atoms with Crippen LogP contribution in [0.15, 0.2) is 0 Å². The van der Waals surface area contributed by atoms with Crippen LogP contribution in [0.4, 0.5) is 0 Å². The third-order valence-electron chi connectivity index (χ3n) is 4.38. The molecule has 27 heavy (non-hydrogen) atoms. The molecule has 1 unspecified atom stereocenters. The third-order valence-corrected chi connectivity index (χ3v) is 8.65. The zero-order chi connectivity index (χ0) is 20.8. The van der Waals surface area contributed by atoms with E-state index in [0.717, 1.165) is 31.0 Å². The van der Waals surface area contributed by atoms with Crippen LogP contribution >= 0.6 is 24.0 Å². The molecule has 0 heterocycles. The molecule has 0 rings (SSSR count). The lowest BCUT2D eigenvalue weighted by molar-refractivity contribution is -0.137. The van der Waals surface area contributed by atoms with Gasteiger partial charge < -0.3 is 5.11 Å². The Hall–Kier alpha value is -0.650. The van der Waals surface area contributed by atoms with E-state index in [-0.39, 0.29) is 22.1 Å². The lowest BCUT2D eigenvalue weighted by Crippen LogP contribution is -2.25. The summed E-state index contributed by atoms with van der Waals surface area (Å²) in [5, 5.41) is 18.0.